The molecule has 4 aromatic rings. The van der Waals surface area contributed by atoms with E-state index in [0.717, 1.165) is 15.8 Å². The smallest absolute Gasteiger partial charge is 0.301 e. The Balaban J connectivity index is 1.75. The van der Waals surface area contributed by atoms with E-state index in [4.69, 9.17) is 11.6 Å². The third-order valence-corrected chi connectivity index (χ3v) is 6.76. The van der Waals surface area contributed by atoms with E-state index in [2.05, 4.69) is 4.98 Å². The van der Waals surface area contributed by atoms with Crippen molar-refractivity contribution < 1.29 is 14.7 Å². The lowest BCUT2D eigenvalue weighted by atomic mass is 9.95. The largest absolute Gasteiger partial charge is 0.507 e. The van der Waals surface area contributed by atoms with Crippen molar-refractivity contribution in [3.05, 3.63) is 100 Å². The molecule has 1 aromatic heterocycles. The number of anilines is 1. The van der Waals surface area contributed by atoms with Gasteiger partial charge in [0.2, 0.25) is 0 Å². The monoisotopic (exact) mass is 460 g/mol. The van der Waals surface area contributed by atoms with Gasteiger partial charge in [-0.1, -0.05) is 77.5 Å². The number of hydrogen-bond donors (Lipinski definition) is 1. The number of aromatic nitrogens is 1. The molecule has 1 N–H and O–H groups in total. The summed E-state index contributed by atoms with van der Waals surface area (Å²) >= 11 is 7.41. The molecule has 0 spiro atoms. The second kappa shape index (κ2) is 7.89. The van der Waals surface area contributed by atoms with Crippen LogP contribution in [0.4, 0.5) is 5.13 Å². The van der Waals surface area contributed by atoms with Crippen molar-refractivity contribution in [2.24, 2.45) is 0 Å². The van der Waals surface area contributed by atoms with Gasteiger partial charge in [0, 0.05) is 10.6 Å². The van der Waals surface area contributed by atoms with Gasteiger partial charge in [-0.05, 0) is 36.2 Å². The van der Waals surface area contributed by atoms with Crippen molar-refractivity contribution >= 4 is 55.7 Å². The number of Topliss-reactive ketones (excluding diaryl/α,β-unsaturated/α-hetero) is 1. The van der Waals surface area contributed by atoms with E-state index in [0.29, 0.717) is 21.3 Å². The Kier molecular flexibility index (Phi) is 5.04. The second-order valence-corrected chi connectivity index (χ2v) is 8.95. The number of carbonyl (C=O) groups excluding carboxylic acids is 2. The molecule has 7 heteroatoms. The number of aryl methyl sites for hydroxylation is 1. The standard InChI is InChI=1S/C25H17ClN2O3S/c1-14-6-5-9-18-20(14)27-25(32-18)28-21(15-10-12-17(26)13-11-15)19(23(30)24(28)31)22(29)16-7-3-2-4-8-16/h2-13,21,29H,1H3/b22-19-. The van der Waals surface area contributed by atoms with Gasteiger partial charge in [-0.2, -0.15) is 0 Å². The molecule has 3 aromatic carbocycles. The van der Waals surface area contributed by atoms with Crippen LogP contribution in [0.1, 0.15) is 22.7 Å². The van der Waals surface area contributed by atoms with Crippen molar-refractivity contribution in [1.29, 1.82) is 0 Å². The van der Waals surface area contributed by atoms with E-state index in [1.807, 2.05) is 31.2 Å². The zero-order valence-electron chi connectivity index (χ0n) is 16.9. The number of carbonyl (C=O) groups is 2. The average molecular weight is 461 g/mol. The first-order valence-electron chi connectivity index (χ1n) is 9.94. The maximum Gasteiger partial charge on any atom is 0.301 e. The molecule has 158 valence electrons. The van der Waals surface area contributed by atoms with Gasteiger partial charge in [-0.3, -0.25) is 14.5 Å². The summed E-state index contributed by atoms with van der Waals surface area (Å²) in [5.74, 6) is -1.69. The molecular weight excluding hydrogens is 444 g/mol. The van der Waals surface area contributed by atoms with Crippen LogP contribution in [0.15, 0.2) is 78.4 Å². The molecule has 1 fully saturated rings. The molecule has 32 heavy (non-hydrogen) atoms. The molecule has 1 aliphatic heterocycles. The predicted octanol–water partition coefficient (Wildman–Crippen LogP) is 5.88. The topological polar surface area (TPSA) is 70.5 Å². The average Bonchev–Trinajstić information content (AvgIpc) is 3.34. The Bertz CT molecular complexity index is 1390. The maximum absolute atomic E-state index is 13.2. The fourth-order valence-electron chi connectivity index (χ4n) is 3.92. The van der Waals surface area contributed by atoms with Crippen LogP contribution >= 0.6 is 22.9 Å². The fourth-order valence-corrected chi connectivity index (χ4v) is 5.12. The van der Waals surface area contributed by atoms with Gasteiger partial charge in [-0.25, -0.2) is 4.98 Å². The normalized spacial score (nSPS) is 17.9. The number of fused-ring (bicyclic) bond motifs is 1. The molecule has 1 amide bonds. The van der Waals surface area contributed by atoms with E-state index >= 15 is 0 Å². The minimum atomic E-state index is -0.826. The molecule has 0 aliphatic carbocycles. The molecule has 2 heterocycles. The molecule has 1 saturated heterocycles. The third-order valence-electron chi connectivity index (χ3n) is 5.49. The number of aliphatic hydroxyl groups excluding tert-OH is 1. The Hall–Kier alpha value is -3.48. The van der Waals surface area contributed by atoms with E-state index in [-0.39, 0.29) is 11.3 Å². The molecule has 1 unspecified atom stereocenters. The molecular formula is C25H17ClN2O3S. The number of aliphatic hydroxyl groups is 1. The lowest BCUT2D eigenvalue weighted by molar-refractivity contribution is -0.132. The quantitative estimate of drug-likeness (QED) is 0.235. The molecule has 0 saturated carbocycles. The number of ketones is 1. The number of benzene rings is 3. The first-order valence-corrected chi connectivity index (χ1v) is 11.1. The van der Waals surface area contributed by atoms with Crippen molar-refractivity contribution in [3.8, 4) is 0 Å². The van der Waals surface area contributed by atoms with Gasteiger partial charge >= 0.3 is 5.91 Å². The molecule has 1 atom stereocenters. The van der Waals surface area contributed by atoms with Crippen LogP contribution < -0.4 is 4.90 Å². The molecule has 0 radical (unpaired) electrons. The Morgan fingerprint density at radius 1 is 1.00 bits per heavy atom. The van der Waals surface area contributed by atoms with Gasteiger partial charge in [0.1, 0.15) is 5.76 Å². The van der Waals surface area contributed by atoms with Crippen molar-refractivity contribution in [1.82, 2.24) is 4.98 Å². The first-order chi connectivity index (χ1) is 15.5. The SMILES string of the molecule is Cc1cccc2sc(N3C(=O)C(=O)/C(=C(\O)c4ccccc4)C3c3ccc(Cl)cc3)nc12. The summed E-state index contributed by atoms with van der Waals surface area (Å²) in [7, 11) is 0. The van der Waals surface area contributed by atoms with Gasteiger partial charge in [0.05, 0.1) is 21.8 Å². The molecule has 1 aliphatic rings. The Labute approximate surface area is 193 Å². The van der Waals surface area contributed by atoms with Gasteiger partial charge in [0.25, 0.3) is 5.78 Å². The van der Waals surface area contributed by atoms with E-state index in [1.54, 1.807) is 48.5 Å². The summed E-state index contributed by atoms with van der Waals surface area (Å²) in [5.41, 5.74) is 2.91. The van der Waals surface area contributed by atoms with Gasteiger partial charge < -0.3 is 5.11 Å². The Morgan fingerprint density at radius 2 is 1.72 bits per heavy atom. The minimum Gasteiger partial charge on any atom is -0.507 e. The number of para-hydroxylation sites is 1. The van der Waals surface area contributed by atoms with E-state index in [1.165, 1.54) is 16.2 Å². The Morgan fingerprint density at radius 3 is 2.41 bits per heavy atom. The highest BCUT2D eigenvalue weighted by Gasteiger charge is 2.48. The van der Waals surface area contributed by atoms with Crippen LogP contribution in [0.25, 0.3) is 16.0 Å². The summed E-state index contributed by atoms with van der Waals surface area (Å²) < 4.78 is 0.916. The molecule has 5 nitrogen and oxygen atoms in total. The summed E-state index contributed by atoms with van der Waals surface area (Å²) in [4.78, 5) is 32.5. The van der Waals surface area contributed by atoms with Crippen LogP contribution in [-0.2, 0) is 9.59 Å². The van der Waals surface area contributed by atoms with Crippen LogP contribution in [0, 0.1) is 6.92 Å². The lowest BCUT2D eigenvalue weighted by Crippen LogP contribution is -2.29. The fraction of sp³-hybridized carbons (Fsp3) is 0.0800. The number of hydrogen-bond acceptors (Lipinski definition) is 5. The number of rotatable bonds is 3. The number of halogens is 1. The zero-order valence-corrected chi connectivity index (χ0v) is 18.5. The van der Waals surface area contributed by atoms with Crippen molar-refractivity contribution in [2.75, 3.05) is 4.90 Å². The van der Waals surface area contributed by atoms with E-state index in [9.17, 15) is 14.7 Å². The van der Waals surface area contributed by atoms with E-state index < -0.39 is 17.7 Å². The highest BCUT2D eigenvalue weighted by Crippen LogP contribution is 2.44. The molecule has 0 bridgehead atoms. The maximum atomic E-state index is 13.2. The first kappa shape index (κ1) is 20.4. The summed E-state index contributed by atoms with van der Waals surface area (Å²) in [5, 5.41) is 12.0. The van der Waals surface area contributed by atoms with Crippen molar-refractivity contribution in [3.63, 3.8) is 0 Å². The highest BCUT2D eigenvalue weighted by molar-refractivity contribution is 7.22. The van der Waals surface area contributed by atoms with Crippen molar-refractivity contribution in [2.45, 2.75) is 13.0 Å². The van der Waals surface area contributed by atoms with Gasteiger partial charge in [-0.15, -0.1) is 0 Å². The van der Waals surface area contributed by atoms with Crippen LogP contribution in [0.2, 0.25) is 5.02 Å². The summed E-state index contributed by atoms with van der Waals surface area (Å²) in [6.07, 6.45) is 0. The summed E-state index contributed by atoms with van der Waals surface area (Å²) in [6, 6.07) is 20.6. The summed E-state index contributed by atoms with van der Waals surface area (Å²) in [6.45, 7) is 1.95. The highest BCUT2D eigenvalue weighted by atomic mass is 35.5. The van der Waals surface area contributed by atoms with Crippen LogP contribution in [0.3, 0.4) is 0 Å². The molecule has 5 rings (SSSR count). The van der Waals surface area contributed by atoms with Crippen LogP contribution in [0.5, 0.6) is 0 Å². The van der Waals surface area contributed by atoms with Crippen LogP contribution in [-0.4, -0.2) is 21.8 Å². The van der Waals surface area contributed by atoms with Gasteiger partial charge in [0.15, 0.2) is 5.13 Å². The lowest BCUT2D eigenvalue weighted by Gasteiger charge is -2.23. The predicted molar refractivity (Wildman–Crippen MR) is 127 cm³/mol. The number of amides is 1. The second-order valence-electron chi connectivity index (χ2n) is 7.50. The third kappa shape index (κ3) is 3.28. The zero-order chi connectivity index (χ0) is 22.4. The number of thiazole rings is 1. The minimum absolute atomic E-state index is 0.0273. The number of nitrogens with zero attached hydrogens (tertiary/aromatic N) is 2.